The summed E-state index contributed by atoms with van der Waals surface area (Å²) in [5.74, 6) is -0.0134. The first-order valence-corrected chi connectivity index (χ1v) is 7.08. The predicted octanol–water partition coefficient (Wildman–Crippen LogP) is 1.63. The van der Waals surface area contributed by atoms with Crippen LogP contribution in [0.15, 0.2) is 0 Å². The van der Waals surface area contributed by atoms with Crippen LogP contribution in [0.5, 0.6) is 0 Å². The van der Waals surface area contributed by atoms with Crippen molar-refractivity contribution in [3.63, 3.8) is 0 Å². The Morgan fingerprint density at radius 2 is 2.06 bits per heavy atom. The van der Waals surface area contributed by atoms with Crippen LogP contribution in [-0.4, -0.2) is 53.1 Å². The van der Waals surface area contributed by atoms with Crippen LogP contribution >= 0.6 is 11.8 Å². The van der Waals surface area contributed by atoms with Crippen LogP contribution in [0.2, 0.25) is 0 Å². The molecule has 2 N–H and O–H groups in total. The topological polar surface area (TPSA) is 69.6 Å². The van der Waals surface area contributed by atoms with Crippen molar-refractivity contribution in [3.05, 3.63) is 0 Å². The Kier molecular flexibility index (Phi) is 7.78. The second-order valence-electron chi connectivity index (χ2n) is 3.99. The van der Waals surface area contributed by atoms with Gasteiger partial charge in [0.1, 0.15) is 6.04 Å². The molecule has 0 saturated heterocycles. The minimum atomic E-state index is -0.994. The fourth-order valence-corrected chi connectivity index (χ4v) is 1.85. The van der Waals surface area contributed by atoms with E-state index in [1.807, 2.05) is 13.2 Å². The zero-order valence-electron chi connectivity index (χ0n) is 10.9. The Balaban J connectivity index is 4.24. The lowest BCUT2D eigenvalue weighted by atomic mass is 10.2. The van der Waals surface area contributed by atoms with Crippen molar-refractivity contribution in [3.8, 4) is 0 Å². The molecule has 0 aromatic rings. The van der Waals surface area contributed by atoms with Gasteiger partial charge in [-0.2, -0.15) is 11.8 Å². The zero-order valence-corrected chi connectivity index (χ0v) is 11.7. The fraction of sp³-hybridized carbons (Fsp3) is 0.818. The number of urea groups is 1. The first-order chi connectivity index (χ1) is 7.93. The number of carboxylic acids is 1. The van der Waals surface area contributed by atoms with Crippen molar-refractivity contribution in [2.45, 2.75) is 38.8 Å². The van der Waals surface area contributed by atoms with Crippen molar-refractivity contribution in [2.75, 3.05) is 19.1 Å². The first-order valence-electron chi connectivity index (χ1n) is 5.69. The van der Waals surface area contributed by atoms with Gasteiger partial charge in [0.05, 0.1) is 0 Å². The summed E-state index contributed by atoms with van der Waals surface area (Å²) in [5.41, 5.74) is 0. The fourth-order valence-electron chi connectivity index (χ4n) is 1.27. The second kappa shape index (κ2) is 8.22. The molecule has 5 nitrogen and oxygen atoms in total. The second-order valence-corrected chi connectivity index (χ2v) is 4.98. The molecule has 0 fully saturated rings. The third-order valence-corrected chi connectivity index (χ3v) is 3.37. The van der Waals surface area contributed by atoms with E-state index in [4.69, 9.17) is 5.11 Å². The largest absolute Gasteiger partial charge is 0.480 e. The number of rotatable bonds is 7. The van der Waals surface area contributed by atoms with E-state index in [1.54, 1.807) is 30.6 Å². The molecule has 0 radical (unpaired) electrons. The number of hydrogen-bond donors (Lipinski definition) is 2. The molecule has 0 aliphatic heterocycles. The highest BCUT2D eigenvalue weighted by molar-refractivity contribution is 7.98. The van der Waals surface area contributed by atoms with Gasteiger partial charge in [-0.3, -0.25) is 0 Å². The van der Waals surface area contributed by atoms with Gasteiger partial charge in [0, 0.05) is 13.1 Å². The maximum atomic E-state index is 11.8. The van der Waals surface area contributed by atoms with E-state index in [9.17, 15) is 9.59 Å². The lowest BCUT2D eigenvalue weighted by molar-refractivity contribution is -0.139. The molecule has 0 aromatic carbocycles. The molecule has 0 spiro atoms. The van der Waals surface area contributed by atoms with Crippen LogP contribution < -0.4 is 5.32 Å². The maximum absolute atomic E-state index is 11.8. The summed E-state index contributed by atoms with van der Waals surface area (Å²) in [6.07, 6.45) is 3.30. The smallest absolute Gasteiger partial charge is 0.326 e. The monoisotopic (exact) mass is 262 g/mol. The number of amides is 2. The van der Waals surface area contributed by atoms with Crippen LogP contribution in [0.4, 0.5) is 4.79 Å². The molecule has 100 valence electrons. The molecular formula is C11H22N2O3S. The Bertz CT molecular complexity index is 261. The standard InChI is InChI=1S/C11H22N2O3S/c1-5-9(10(14)15)12-11(16)13(3)8(2)6-7-17-4/h8-9H,5-7H2,1-4H3,(H,12,16)(H,14,15). The highest BCUT2D eigenvalue weighted by atomic mass is 32.2. The van der Waals surface area contributed by atoms with Crippen LogP contribution in [0, 0.1) is 0 Å². The van der Waals surface area contributed by atoms with E-state index in [0.717, 1.165) is 12.2 Å². The summed E-state index contributed by atoms with van der Waals surface area (Å²) < 4.78 is 0. The van der Waals surface area contributed by atoms with Gasteiger partial charge in [-0.25, -0.2) is 9.59 Å². The highest BCUT2D eigenvalue weighted by Crippen LogP contribution is 2.06. The average Bonchev–Trinajstić information content (AvgIpc) is 2.30. The normalized spacial score (nSPS) is 13.9. The zero-order chi connectivity index (χ0) is 13.4. The van der Waals surface area contributed by atoms with Crippen molar-refractivity contribution in [1.82, 2.24) is 10.2 Å². The van der Waals surface area contributed by atoms with Crippen LogP contribution in [0.1, 0.15) is 26.7 Å². The Morgan fingerprint density at radius 1 is 1.47 bits per heavy atom. The molecule has 0 rings (SSSR count). The lowest BCUT2D eigenvalue weighted by Gasteiger charge is -2.26. The third kappa shape index (κ3) is 5.81. The molecule has 2 atom stereocenters. The first kappa shape index (κ1) is 16.1. The molecule has 0 aromatic heterocycles. The van der Waals surface area contributed by atoms with Crippen LogP contribution in [-0.2, 0) is 4.79 Å². The van der Waals surface area contributed by atoms with Crippen LogP contribution in [0.25, 0.3) is 0 Å². The lowest BCUT2D eigenvalue weighted by Crippen LogP contribution is -2.49. The summed E-state index contributed by atoms with van der Waals surface area (Å²) in [5, 5.41) is 11.4. The number of aliphatic carboxylic acids is 1. The van der Waals surface area contributed by atoms with Crippen molar-refractivity contribution < 1.29 is 14.7 Å². The number of thioether (sulfide) groups is 1. The minimum Gasteiger partial charge on any atom is -0.480 e. The van der Waals surface area contributed by atoms with E-state index >= 15 is 0 Å². The molecule has 0 heterocycles. The predicted molar refractivity (Wildman–Crippen MR) is 70.5 cm³/mol. The van der Waals surface area contributed by atoms with Gasteiger partial charge in [-0.15, -0.1) is 0 Å². The summed E-state index contributed by atoms with van der Waals surface area (Å²) in [7, 11) is 1.69. The van der Waals surface area contributed by atoms with Gasteiger partial charge in [0.2, 0.25) is 0 Å². The van der Waals surface area contributed by atoms with Crippen molar-refractivity contribution in [2.24, 2.45) is 0 Å². The summed E-state index contributed by atoms with van der Waals surface area (Å²) in [4.78, 5) is 24.1. The maximum Gasteiger partial charge on any atom is 0.326 e. The number of nitrogens with zero attached hydrogens (tertiary/aromatic N) is 1. The van der Waals surface area contributed by atoms with Gasteiger partial charge in [0.25, 0.3) is 0 Å². The number of carbonyl (C=O) groups excluding carboxylic acids is 1. The van der Waals surface area contributed by atoms with Crippen LogP contribution in [0.3, 0.4) is 0 Å². The molecular weight excluding hydrogens is 240 g/mol. The Morgan fingerprint density at radius 3 is 2.47 bits per heavy atom. The Labute approximate surface area is 107 Å². The minimum absolute atomic E-state index is 0.105. The molecule has 0 bridgehead atoms. The Hall–Kier alpha value is -0.910. The van der Waals surface area contributed by atoms with Gasteiger partial charge in [-0.05, 0) is 31.8 Å². The quantitative estimate of drug-likeness (QED) is 0.731. The van der Waals surface area contributed by atoms with Crippen molar-refractivity contribution in [1.29, 1.82) is 0 Å². The molecule has 2 unspecified atom stereocenters. The highest BCUT2D eigenvalue weighted by Gasteiger charge is 2.21. The molecule has 0 aliphatic carbocycles. The van der Waals surface area contributed by atoms with Gasteiger partial charge < -0.3 is 15.3 Å². The van der Waals surface area contributed by atoms with Gasteiger partial charge in [0.15, 0.2) is 0 Å². The summed E-state index contributed by atoms with van der Waals surface area (Å²) in [6, 6.07) is -1.03. The number of nitrogens with one attached hydrogen (secondary N) is 1. The van der Waals surface area contributed by atoms with Gasteiger partial charge >= 0.3 is 12.0 Å². The number of carbonyl (C=O) groups is 2. The summed E-state index contributed by atoms with van der Waals surface area (Å²) >= 11 is 1.73. The van der Waals surface area contributed by atoms with E-state index in [-0.39, 0.29) is 12.1 Å². The molecule has 6 heteroatoms. The molecule has 2 amide bonds. The molecule has 0 saturated carbocycles. The third-order valence-electron chi connectivity index (χ3n) is 2.73. The summed E-state index contributed by atoms with van der Waals surface area (Å²) in [6.45, 7) is 3.69. The van der Waals surface area contributed by atoms with E-state index in [2.05, 4.69) is 5.32 Å². The number of hydrogen-bond acceptors (Lipinski definition) is 3. The SMILES string of the molecule is CCC(NC(=O)N(C)C(C)CCSC)C(=O)O. The van der Waals surface area contributed by atoms with E-state index < -0.39 is 12.0 Å². The molecule has 0 aliphatic rings. The number of carboxylic acid groups (broad SMARTS) is 1. The molecule has 17 heavy (non-hydrogen) atoms. The average molecular weight is 262 g/mol. The van der Waals surface area contributed by atoms with E-state index in [0.29, 0.717) is 6.42 Å². The van der Waals surface area contributed by atoms with Gasteiger partial charge in [-0.1, -0.05) is 6.92 Å². The van der Waals surface area contributed by atoms with E-state index in [1.165, 1.54) is 0 Å². The van der Waals surface area contributed by atoms with Crippen molar-refractivity contribution >= 4 is 23.8 Å².